The maximum atomic E-state index is 12.5. The molecular formula is C16H22N4O3S. The van der Waals surface area contributed by atoms with E-state index in [0.717, 1.165) is 0 Å². The predicted octanol–water partition coefficient (Wildman–Crippen LogP) is 2.31. The average molecular weight is 350 g/mol. The van der Waals surface area contributed by atoms with E-state index in [4.69, 9.17) is 0 Å². The number of aryl methyl sites for hydroxylation is 2. The standard InChI is InChI=1S/C16H22N4O3S/c1-5-20(6-2)16(21)13-7-9-14(10-8-13)19-24(22,23)15-11(3)17-18-12(15)4/h7-10,19H,5-6H2,1-4H3,(H,17,18). The van der Waals surface area contributed by atoms with Gasteiger partial charge in [-0.1, -0.05) is 0 Å². The molecule has 1 aromatic carbocycles. The van der Waals surface area contributed by atoms with Crippen LogP contribution in [0, 0.1) is 13.8 Å². The molecule has 0 unspecified atom stereocenters. The Morgan fingerprint density at radius 3 is 2.21 bits per heavy atom. The molecule has 2 rings (SSSR count). The Balaban J connectivity index is 2.22. The molecule has 0 aliphatic rings. The summed E-state index contributed by atoms with van der Waals surface area (Å²) >= 11 is 0. The maximum Gasteiger partial charge on any atom is 0.265 e. The van der Waals surface area contributed by atoms with Crippen LogP contribution in [-0.4, -0.2) is 42.5 Å². The summed E-state index contributed by atoms with van der Waals surface area (Å²) in [6.07, 6.45) is 0. The van der Waals surface area contributed by atoms with Crippen LogP contribution in [0.2, 0.25) is 0 Å². The van der Waals surface area contributed by atoms with E-state index >= 15 is 0 Å². The molecule has 0 bridgehead atoms. The minimum absolute atomic E-state index is 0.0732. The molecule has 0 aliphatic heterocycles. The molecule has 1 aromatic heterocycles. The summed E-state index contributed by atoms with van der Waals surface area (Å²) < 4.78 is 27.5. The molecule has 2 aromatic rings. The van der Waals surface area contributed by atoms with Gasteiger partial charge in [-0.3, -0.25) is 14.6 Å². The van der Waals surface area contributed by atoms with Gasteiger partial charge in [0.15, 0.2) is 0 Å². The second kappa shape index (κ2) is 7.04. The number of carbonyl (C=O) groups excluding carboxylic acids is 1. The van der Waals surface area contributed by atoms with Crippen molar-refractivity contribution in [1.29, 1.82) is 0 Å². The van der Waals surface area contributed by atoms with Crippen molar-refractivity contribution in [2.75, 3.05) is 17.8 Å². The first-order valence-electron chi connectivity index (χ1n) is 7.73. The van der Waals surface area contributed by atoms with Crippen LogP contribution in [0.1, 0.15) is 35.6 Å². The number of hydrogen-bond acceptors (Lipinski definition) is 4. The number of nitrogens with zero attached hydrogens (tertiary/aromatic N) is 2. The molecule has 8 heteroatoms. The van der Waals surface area contributed by atoms with Crippen LogP contribution in [0.5, 0.6) is 0 Å². The number of hydrogen-bond donors (Lipinski definition) is 2. The molecule has 0 saturated heterocycles. The Morgan fingerprint density at radius 2 is 1.75 bits per heavy atom. The van der Waals surface area contributed by atoms with E-state index in [0.29, 0.717) is 35.7 Å². The molecule has 0 atom stereocenters. The zero-order valence-electron chi connectivity index (χ0n) is 14.3. The highest BCUT2D eigenvalue weighted by Crippen LogP contribution is 2.21. The Hall–Kier alpha value is -2.35. The smallest absolute Gasteiger partial charge is 0.265 e. The van der Waals surface area contributed by atoms with Crippen molar-refractivity contribution in [1.82, 2.24) is 15.1 Å². The van der Waals surface area contributed by atoms with E-state index in [1.54, 1.807) is 43.0 Å². The Bertz CT molecular complexity index is 802. The topological polar surface area (TPSA) is 95.2 Å². The lowest BCUT2D eigenvalue weighted by molar-refractivity contribution is 0.0773. The van der Waals surface area contributed by atoms with Crippen LogP contribution in [0.25, 0.3) is 0 Å². The molecule has 0 radical (unpaired) electrons. The van der Waals surface area contributed by atoms with Gasteiger partial charge in [0.05, 0.1) is 11.4 Å². The van der Waals surface area contributed by atoms with Gasteiger partial charge in [0.2, 0.25) is 0 Å². The van der Waals surface area contributed by atoms with Crippen molar-refractivity contribution in [3.63, 3.8) is 0 Å². The number of aromatic amines is 1. The van der Waals surface area contributed by atoms with Crippen molar-refractivity contribution >= 4 is 21.6 Å². The summed E-state index contributed by atoms with van der Waals surface area (Å²) in [5.74, 6) is -0.0732. The maximum absolute atomic E-state index is 12.5. The van der Waals surface area contributed by atoms with Crippen molar-refractivity contribution < 1.29 is 13.2 Å². The van der Waals surface area contributed by atoms with E-state index in [9.17, 15) is 13.2 Å². The van der Waals surface area contributed by atoms with Gasteiger partial charge in [-0.2, -0.15) is 5.10 Å². The minimum atomic E-state index is -3.73. The number of H-pyrrole nitrogens is 1. The second-order valence-electron chi connectivity index (χ2n) is 5.42. The molecule has 24 heavy (non-hydrogen) atoms. The number of carbonyl (C=O) groups is 1. The second-order valence-corrected chi connectivity index (χ2v) is 7.04. The van der Waals surface area contributed by atoms with Crippen LogP contribution in [-0.2, 0) is 10.0 Å². The summed E-state index contributed by atoms with van der Waals surface area (Å²) in [5.41, 5.74) is 1.81. The van der Waals surface area contributed by atoms with E-state index in [-0.39, 0.29) is 10.8 Å². The zero-order valence-corrected chi connectivity index (χ0v) is 15.1. The molecule has 1 heterocycles. The fourth-order valence-corrected chi connectivity index (χ4v) is 3.95. The molecule has 0 spiro atoms. The van der Waals surface area contributed by atoms with Gasteiger partial charge < -0.3 is 4.90 Å². The number of anilines is 1. The monoisotopic (exact) mass is 350 g/mol. The minimum Gasteiger partial charge on any atom is -0.339 e. The fraction of sp³-hybridized carbons (Fsp3) is 0.375. The Kier molecular flexibility index (Phi) is 5.28. The average Bonchev–Trinajstić information content (AvgIpc) is 2.88. The Morgan fingerprint density at radius 1 is 1.17 bits per heavy atom. The first kappa shape index (κ1) is 18.0. The van der Waals surface area contributed by atoms with Crippen molar-refractivity contribution in [2.45, 2.75) is 32.6 Å². The zero-order chi connectivity index (χ0) is 17.9. The van der Waals surface area contributed by atoms with Crippen molar-refractivity contribution in [3.05, 3.63) is 41.2 Å². The summed E-state index contributed by atoms with van der Waals surface area (Å²) in [4.78, 5) is 14.1. The summed E-state index contributed by atoms with van der Waals surface area (Å²) in [7, 11) is -3.73. The number of rotatable bonds is 6. The van der Waals surface area contributed by atoms with Gasteiger partial charge in [-0.15, -0.1) is 0 Å². The molecule has 1 amide bonds. The molecule has 130 valence electrons. The SMILES string of the molecule is CCN(CC)C(=O)c1ccc(NS(=O)(=O)c2c(C)n[nH]c2C)cc1. The number of amides is 1. The normalized spacial score (nSPS) is 11.3. The number of nitrogens with one attached hydrogen (secondary N) is 2. The highest BCUT2D eigenvalue weighted by atomic mass is 32.2. The number of benzene rings is 1. The first-order valence-corrected chi connectivity index (χ1v) is 9.22. The van der Waals surface area contributed by atoms with Gasteiger partial charge in [-0.05, 0) is 52.0 Å². The third-order valence-corrected chi connectivity index (χ3v) is 5.41. The van der Waals surface area contributed by atoms with Gasteiger partial charge >= 0.3 is 0 Å². The first-order chi connectivity index (χ1) is 11.3. The number of sulfonamides is 1. The predicted molar refractivity (Wildman–Crippen MR) is 92.6 cm³/mol. The highest BCUT2D eigenvalue weighted by molar-refractivity contribution is 7.92. The van der Waals surface area contributed by atoms with E-state index < -0.39 is 10.0 Å². The molecular weight excluding hydrogens is 328 g/mol. The fourth-order valence-electron chi connectivity index (χ4n) is 2.52. The van der Waals surface area contributed by atoms with Crippen LogP contribution in [0.15, 0.2) is 29.2 Å². The van der Waals surface area contributed by atoms with Crippen LogP contribution < -0.4 is 4.72 Å². The summed E-state index contributed by atoms with van der Waals surface area (Å²) in [5, 5.41) is 6.56. The van der Waals surface area contributed by atoms with Crippen LogP contribution >= 0.6 is 0 Å². The van der Waals surface area contributed by atoms with Crippen molar-refractivity contribution in [3.8, 4) is 0 Å². The lowest BCUT2D eigenvalue weighted by Gasteiger charge is -2.18. The lowest BCUT2D eigenvalue weighted by Crippen LogP contribution is -2.30. The third kappa shape index (κ3) is 3.59. The van der Waals surface area contributed by atoms with E-state index in [2.05, 4.69) is 14.9 Å². The van der Waals surface area contributed by atoms with Crippen molar-refractivity contribution in [2.24, 2.45) is 0 Å². The number of aromatic nitrogens is 2. The molecule has 0 fully saturated rings. The van der Waals surface area contributed by atoms with Gasteiger partial charge in [0.25, 0.3) is 15.9 Å². The molecule has 2 N–H and O–H groups in total. The van der Waals surface area contributed by atoms with Gasteiger partial charge in [-0.25, -0.2) is 8.42 Å². The lowest BCUT2D eigenvalue weighted by atomic mass is 10.2. The quantitative estimate of drug-likeness (QED) is 0.836. The summed E-state index contributed by atoms with van der Waals surface area (Å²) in [6.45, 7) is 8.37. The van der Waals surface area contributed by atoms with Crippen LogP contribution in [0.3, 0.4) is 0 Å². The highest BCUT2D eigenvalue weighted by Gasteiger charge is 2.22. The molecule has 7 nitrogen and oxygen atoms in total. The Labute approximate surface area is 142 Å². The van der Waals surface area contributed by atoms with Gasteiger partial charge in [0, 0.05) is 24.3 Å². The van der Waals surface area contributed by atoms with Gasteiger partial charge in [0.1, 0.15) is 4.90 Å². The molecule has 0 aliphatic carbocycles. The summed E-state index contributed by atoms with van der Waals surface area (Å²) in [6, 6.07) is 6.40. The third-order valence-electron chi connectivity index (χ3n) is 3.76. The van der Waals surface area contributed by atoms with Crippen LogP contribution in [0.4, 0.5) is 5.69 Å². The van der Waals surface area contributed by atoms with E-state index in [1.807, 2.05) is 13.8 Å². The van der Waals surface area contributed by atoms with E-state index in [1.165, 1.54) is 0 Å². The largest absolute Gasteiger partial charge is 0.339 e. The molecule has 0 saturated carbocycles.